The van der Waals surface area contributed by atoms with Crippen LogP contribution in [0.2, 0.25) is 5.02 Å². The SMILES string of the molecule is COc1ccc(CCNC(=O)c2ccccc2N2CCC(NC(=O)c3cccc(Cl)c3)CC2)cc1. The Hall–Kier alpha value is -3.51. The molecule has 1 aliphatic heterocycles. The summed E-state index contributed by atoms with van der Waals surface area (Å²) in [4.78, 5) is 27.7. The molecule has 3 aromatic rings. The molecule has 0 bridgehead atoms. The molecule has 0 saturated carbocycles. The zero-order valence-electron chi connectivity index (χ0n) is 19.8. The standard InChI is InChI=1S/C28H30ClN3O3/c1-35-24-11-9-20(10-12-24)13-16-30-28(34)25-7-2-3-8-26(25)32-17-14-23(15-18-32)31-27(33)21-5-4-6-22(29)19-21/h2-12,19,23H,13-18H2,1H3,(H,30,34)(H,31,33). The number of nitrogens with one attached hydrogen (secondary N) is 2. The van der Waals surface area contributed by atoms with Crippen LogP contribution in [0, 0.1) is 0 Å². The first-order valence-corrected chi connectivity index (χ1v) is 12.2. The molecule has 1 fully saturated rings. The molecular weight excluding hydrogens is 462 g/mol. The molecule has 0 aromatic heterocycles. The fourth-order valence-corrected chi connectivity index (χ4v) is 4.50. The first kappa shape index (κ1) is 24.6. The second kappa shape index (κ2) is 11.8. The lowest BCUT2D eigenvalue weighted by Gasteiger charge is -2.35. The number of para-hydroxylation sites is 1. The van der Waals surface area contributed by atoms with E-state index < -0.39 is 0 Å². The van der Waals surface area contributed by atoms with Crippen molar-refractivity contribution in [2.45, 2.75) is 25.3 Å². The number of anilines is 1. The Morgan fingerprint density at radius 3 is 2.43 bits per heavy atom. The summed E-state index contributed by atoms with van der Waals surface area (Å²) in [5.41, 5.74) is 3.30. The van der Waals surface area contributed by atoms with Crippen molar-refractivity contribution in [3.05, 3.63) is 94.5 Å². The van der Waals surface area contributed by atoms with Gasteiger partial charge >= 0.3 is 0 Å². The van der Waals surface area contributed by atoms with Crippen LogP contribution in [0.25, 0.3) is 0 Å². The molecule has 4 rings (SSSR count). The lowest BCUT2D eigenvalue weighted by molar-refractivity contribution is 0.0929. The smallest absolute Gasteiger partial charge is 0.253 e. The van der Waals surface area contributed by atoms with E-state index in [1.807, 2.05) is 48.5 Å². The highest BCUT2D eigenvalue weighted by atomic mass is 35.5. The second-order valence-electron chi connectivity index (χ2n) is 8.62. The van der Waals surface area contributed by atoms with E-state index in [1.165, 1.54) is 0 Å². The van der Waals surface area contributed by atoms with E-state index in [-0.39, 0.29) is 17.9 Å². The van der Waals surface area contributed by atoms with E-state index >= 15 is 0 Å². The number of carbonyl (C=O) groups is 2. The number of benzene rings is 3. The summed E-state index contributed by atoms with van der Waals surface area (Å²) < 4.78 is 5.19. The van der Waals surface area contributed by atoms with Crippen LogP contribution in [0.5, 0.6) is 5.75 Å². The molecule has 0 aliphatic carbocycles. The number of carbonyl (C=O) groups excluding carboxylic acids is 2. The molecule has 2 amide bonds. The van der Waals surface area contributed by atoms with Crippen LogP contribution in [-0.2, 0) is 6.42 Å². The van der Waals surface area contributed by atoms with Crippen LogP contribution in [0.4, 0.5) is 5.69 Å². The molecule has 0 unspecified atom stereocenters. The van der Waals surface area contributed by atoms with Crippen LogP contribution < -0.4 is 20.3 Å². The fourth-order valence-electron chi connectivity index (χ4n) is 4.31. The van der Waals surface area contributed by atoms with Crippen molar-refractivity contribution in [3.8, 4) is 5.75 Å². The van der Waals surface area contributed by atoms with E-state index in [0.717, 1.165) is 49.4 Å². The van der Waals surface area contributed by atoms with Crippen LogP contribution in [0.3, 0.4) is 0 Å². The summed E-state index contributed by atoms with van der Waals surface area (Å²) in [6.07, 6.45) is 2.36. The van der Waals surface area contributed by atoms with Crippen molar-refractivity contribution >= 4 is 29.1 Å². The van der Waals surface area contributed by atoms with Crippen molar-refractivity contribution in [1.29, 1.82) is 0 Å². The number of ether oxygens (including phenoxy) is 1. The number of hydrogen-bond donors (Lipinski definition) is 2. The van der Waals surface area contributed by atoms with Crippen molar-refractivity contribution in [2.75, 3.05) is 31.6 Å². The zero-order valence-corrected chi connectivity index (χ0v) is 20.6. The molecule has 1 heterocycles. The normalized spacial score (nSPS) is 13.8. The summed E-state index contributed by atoms with van der Waals surface area (Å²) >= 11 is 6.01. The predicted molar refractivity (Wildman–Crippen MR) is 140 cm³/mol. The maximum atomic E-state index is 13.0. The molecule has 3 aromatic carbocycles. The number of rotatable bonds is 8. The van der Waals surface area contributed by atoms with Gasteiger partial charge in [-0.2, -0.15) is 0 Å². The summed E-state index contributed by atoms with van der Waals surface area (Å²) in [6.45, 7) is 2.07. The Bertz CT molecular complexity index is 1160. The summed E-state index contributed by atoms with van der Waals surface area (Å²) in [6, 6.07) is 22.6. The minimum absolute atomic E-state index is 0.0782. The Morgan fingerprint density at radius 2 is 1.71 bits per heavy atom. The van der Waals surface area contributed by atoms with E-state index in [1.54, 1.807) is 31.4 Å². The van der Waals surface area contributed by atoms with Crippen LogP contribution in [0.15, 0.2) is 72.8 Å². The summed E-state index contributed by atoms with van der Waals surface area (Å²) in [7, 11) is 1.65. The van der Waals surface area contributed by atoms with Crippen LogP contribution in [-0.4, -0.2) is 44.6 Å². The Labute approximate surface area is 211 Å². The van der Waals surface area contributed by atoms with E-state index in [4.69, 9.17) is 16.3 Å². The monoisotopic (exact) mass is 491 g/mol. The Balaban J connectivity index is 1.30. The average molecular weight is 492 g/mol. The molecule has 2 N–H and O–H groups in total. The van der Waals surface area contributed by atoms with E-state index in [0.29, 0.717) is 22.7 Å². The molecule has 0 atom stereocenters. The minimum atomic E-state index is -0.109. The van der Waals surface area contributed by atoms with Gasteiger partial charge in [0.25, 0.3) is 11.8 Å². The van der Waals surface area contributed by atoms with Gasteiger partial charge in [0.2, 0.25) is 0 Å². The maximum absolute atomic E-state index is 13.0. The zero-order chi connectivity index (χ0) is 24.6. The highest BCUT2D eigenvalue weighted by molar-refractivity contribution is 6.30. The molecule has 0 spiro atoms. The first-order chi connectivity index (χ1) is 17.0. The topological polar surface area (TPSA) is 70.7 Å². The van der Waals surface area contributed by atoms with Gasteiger partial charge < -0.3 is 20.3 Å². The first-order valence-electron chi connectivity index (χ1n) is 11.8. The van der Waals surface area contributed by atoms with Gasteiger partial charge in [0.15, 0.2) is 0 Å². The number of methoxy groups -OCH3 is 1. The highest BCUT2D eigenvalue weighted by Crippen LogP contribution is 2.25. The Kier molecular flexibility index (Phi) is 8.27. The van der Waals surface area contributed by atoms with Gasteiger partial charge in [0.1, 0.15) is 5.75 Å². The van der Waals surface area contributed by atoms with Gasteiger partial charge in [0.05, 0.1) is 12.7 Å². The van der Waals surface area contributed by atoms with Crippen molar-refractivity contribution in [1.82, 2.24) is 10.6 Å². The summed E-state index contributed by atoms with van der Waals surface area (Å²) in [5.74, 6) is 0.632. The van der Waals surface area contributed by atoms with Crippen molar-refractivity contribution in [2.24, 2.45) is 0 Å². The van der Waals surface area contributed by atoms with Gasteiger partial charge in [0, 0.05) is 41.9 Å². The quantitative estimate of drug-likeness (QED) is 0.478. The largest absolute Gasteiger partial charge is 0.497 e. The van der Waals surface area contributed by atoms with E-state index in [2.05, 4.69) is 15.5 Å². The molecular formula is C28H30ClN3O3. The molecule has 1 saturated heterocycles. The predicted octanol–water partition coefficient (Wildman–Crippen LogP) is 4.72. The van der Waals surface area contributed by atoms with Crippen LogP contribution in [0.1, 0.15) is 39.1 Å². The third kappa shape index (κ3) is 6.55. The van der Waals surface area contributed by atoms with Crippen molar-refractivity contribution in [3.63, 3.8) is 0 Å². The van der Waals surface area contributed by atoms with Gasteiger partial charge in [-0.3, -0.25) is 9.59 Å². The summed E-state index contributed by atoms with van der Waals surface area (Å²) in [5, 5.41) is 6.71. The van der Waals surface area contributed by atoms with Gasteiger partial charge in [-0.05, 0) is 67.3 Å². The molecule has 182 valence electrons. The molecule has 7 heteroatoms. The Morgan fingerprint density at radius 1 is 0.971 bits per heavy atom. The van der Waals surface area contributed by atoms with Gasteiger partial charge in [-0.15, -0.1) is 0 Å². The maximum Gasteiger partial charge on any atom is 0.253 e. The number of nitrogens with zero attached hydrogens (tertiary/aromatic N) is 1. The molecule has 1 aliphatic rings. The minimum Gasteiger partial charge on any atom is -0.497 e. The van der Waals surface area contributed by atoms with Gasteiger partial charge in [-0.25, -0.2) is 0 Å². The van der Waals surface area contributed by atoms with Gasteiger partial charge in [-0.1, -0.05) is 41.9 Å². The molecule has 6 nitrogen and oxygen atoms in total. The number of hydrogen-bond acceptors (Lipinski definition) is 4. The number of halogens is 1. The van der Waals surface area contributed by atoms with Crippen molar-refractivity contribution < 1.29 is 14.3 Å². The van der Waals surface area contributed by atoms with Crippen LogP contribution >= 0.6 is 11.6 Å². The molecule has 35 heavy (non-hydrogen) atoms. The lowest BCUT2D eigenvalue weighted by Crippen LogP contribution is -2.45. The fraction of sp³-hybridized carbons (Fsp3) is 0.286. The second-order valence-corrected chi connectivity index (χ2v) is 9.05. The molecule has 0 radical (unpaired) electrons. The highest BCUT2D eigenvalue weighted by Gasteiger charge is 2.24. The lowest BCUT2D eigenvalue weighted by atomic mass is 10.0. The third-order valence-corrected chi connectivity index (χ3v) is 6.50. The number of amides is 2. The number of piperidine rings is 1. The average Bonchev–Trinajstić information content (AvgIpc) is 2.89. The van der Waals surface area contributed by atoms with E-state index in [9.17, 15) is 9.59 Å². The third-order valence-electron chi connectivity index (χ3n) is 6.26.